The number of aromatic amines is 1. The predicted molar refractivity (Wildman–Crippen MR) is 407 cm³/mol. The first-order valence-electron chi connectivity index (χ1n) is 36.2. The number of primary amides is 8. The first-order valence-corrected chi connectivity index (χ1v) is 36.2. The van der Waals surface area contributed by atoms with Crippen molar-refractivity contribution < 1.29 is 91.1 Å². The molecule has 19 amide bonds. The van der Waals surface area contributed by atoms with Crippen LogP contribution in [0, 0.1) is 5.41 Å². The van der Waals surface area contributed by atoms with E-state index >= 15 is 14.4 Å². The second kappa shape index (κ2) is 47.5. The minimum Gasteiger partial charge on any atom is -0.370 e. The lowest BCUT2D eigenvalue weighted by molar-refractivity contribution is -0.136. The van der Waals surface area contributed by atoms with Gasteiger partial charge in [-0.2, -0.15) is 0 Å². The van der Waals surface area contributed by atoms with E-state index in [4.69, 9.17) is 57.0 Å². The Morgan fingerprint density at radius 1 is 0.316 bits per heavy atom. The molecule has 0 aliphatic heterocycles. The van der Waals surface area contributed by atoms with Gasteiger partial charge < -0.3 is 120 Å². The number of nitrogens with one attached hydrogen (secondary N) is 14. The third-order valence-corrected chi connectivity index (χ3v) is 17.5. The van der Waals surface area contributed by atoms with Gasteiger partial charge in [-0.3, -0.25) is 96.5 Å². The molecule has 0 aliphatic rings. The topological polar surface area (TPSA) is 743 Å². The van der Waals surface area contributed by atoms with Crippen LogP contribution >= 0.6 is 0 Å². The van der Waals surface area contributed by atoms with Gasteiger partial charge in [0, 0.05) is 94.8 Å². The van der Waals surface area contributed by atoms with Gasteiger partial charge in [-0.1, -0.05) is 78.9 Å². The molecule has 0 fully saturated rings. The van der Waals surface area contributed by atoms with Crippen molar-refractivity contribution in [3.8, 4) is 0 Å². The van der Waals surface area contributed by atoms with Crippen LogP contribution in [0.4, 0.5) is 0 Å². The minimum atomic E-state index is -1.84. The third kappa shape index (κ3) is 34.5. The van der Waals surface area contributed by atoms with E-state index in [2.05, 4.69) is 68.8 Å². The number of carbonyl (C=O) groups is 19. The molecule has 0 saturated carbocycles. The van der Waals surface area contributed by atoms with Gasteiger partial charge in [0.05, 0.1) is 0 Å². The molecule has 32 N–H and O–H groups in total. The Kier molecular flexibility index (Phi) is 38.6. The van der Waals surface area contributed by atoms with E-state index in [1.54, 1.807) is 84.9 Å². The summed E-state index contributed by atoms with van der Waals surface area (Å²) >= 11 is 0. The van der Waals surface area contributed by atoms with Crippen molar-refractivity contribution >= 4 is 129 Å². The molecule has 0 radical (unpaired) electrons. The van der Waals surface area contributed by atoms with E-state index in [0.29, 0.717) is 27.6 Å². The van der Waals surface area contributed by atoms with Crippen molar-refractivity contribution in [1.29, 1.82) is 5.41 Å². The number of fused-ring (bicyclic) bond motifs is 1. The number of benzene rings is 3. The fraction of sp³-hybridized carbons (Fsp3) is 0.444. The number of amides is 19. The summed E-state index contributed by atoms with van der Waals surface area (Å²) in [5, 5.41) is 37.9. The third-order valence-electron chi connectivity index (χ3n) is 17.5. The Labute approximate surface area is 653 Å². The number of nitrogens with two attached hydrogens (primary N) is 9. The van der Waals surface area contributed by atoms with Crippen LogP contribution in [0.5, 0.6) is 0 Å². The first kappa shape index (κ1) is 92.8. The van der Waals surface area contributed by atoms with Crippen molar-refractivity contribution in [2.75, 3.05) is 6.54 Å². The Morgan fingerprint density at radius 2 is 0.570 bits per heavy atom. The number of hydrogen-bond donors (Lipinski definition) is 23. The summed E-state index contributed by atoms with van der Waals surface area (Å²) in [5.41, 5.74) is 50.7. The summed E-state index contributed by atoms with van der Waals surface area (Å²) in [7, 11) is 0. The van der Waals surface area contributed by atoms with Crippen molar-refractivity contribution in [2.24, 2.45) is 51.6 Å². The number of guanidine groups is 1. The highest BCUT2D eigenvalue weighted by molar-refractivity contribution is 6.01. The van der Waals surface area contributed by atoms with Crippen molar-refractivity contribution in [3.05, 3.63) is 108 Å². The SMILES string of the molecule is CC(=O)N[C@@H](CCC(N)=O)C(=O)N[C@@H](CCC(N)=O)C(=O)N[C@@H](CCCNC(=N)N)C(=O)N[C@@H](Cc1ccccc1)C(=O)N[C@@H](CCC(N)=O)C(=O)N[C@@H](Cc1c[nH]c2ccccc12)C(=O)N[C@@H](CCC(N)=O)C(=O)N[C@@H](Cc1ccccc1)C(=O)N[C@@H](CCC(N)=O)C(=O)N[C@@H](CCC(N)=O)C(=O)N[C@@H](CCC(N)=O)C(N)=O. The van der Waals surface area contributed by atoms with Gasteiger partial charge in [0.15, 0.2) is 5.96 Å². The van der Waals surface area contributed by atoms with Crippen LogP contribution in [0.1, 0.15) is 126 Å². The molecular formula is C72H101N23O19. The highest BCUT2D eigenvalue weighted by atomic mass is 16.2. The maximum atomic E-state index is 15.2. The summed E-state index contributed by atoms with van der Waals surface area (Å²) in [5.74, 6) is -19.9. The molecule has 42 nitrogen and oxygen atoms in total. The number of H-pyrrole nitrogens is 1. The van der Waals surface area contributed by atoms with Crippen LogP contribution in [0.15, 0.2) is 91.1 Å². The van der Waals surface area contributed by atoms with Crippen LogP contribution in [-0.2, 0) is 110 Å². The van der Waals surface area contributed by atoms with Gasteiger partial charge in [0.25, 0.3) is 0 Å². The van der Waals surface area contributed by atoms with Crippen LogP contribution < -0.4 is 115 Å². The molecule has 0 bridgehead atoms. The summed E-state index contributed by atoms with van der Waals surface area (Å²) < 4.78 is 0. The number of hydrogen-bond acceptors (Lipinski definition) is 20. The van der Waals surface area contributed by atoms with Gasteiger partial charge in [-0.05, 0) is 80.5 Å². The normalized spacial score (nSPS) is 13.8. The van der Waals surface area contributed by atoms with E-state index in [-0.39, 0.29) is 51.5 Å². The number of para-hydroxylation sites is 1. The zero-order chi connectivity index (χ0) is 84.7. The summed E-state index contributed by atoms with van der Waals surface area (Å²) in [6.45, 7) is 1.03. The Hall–Kier alpha value is -13.6. The second-order valence-electron chi connectivity index (χ2n) is 26.7. The molecule has 3 aromatic carbocycles. The maximum absolute atomic E-state index is 15.2. The van der Waals surface area contributed by atoms with Crippen LogP contribution in [-0.4, -0.2) is 196 Å². The van der Waals surface area contributed by atoms with Gasteiger partial charge in [-0.15, -0.1) is 0 Å². The fourth-order valence-corrected chi connectivity index (χ4v) is 11.5. The average Bonchev–Trinajstić information content (AvgIpc) is 1.63. The van der Waals surface area contributed by atoms with E-state index in [0.717, 1.165) is 6.92 Å². The molecule has 0 saturated heterocycles. The first-order chi connectivity index (χ1) is 53.9. The van der Waals surface area contributed by atoms with Crippen molar-refractivity contribution in [1.82, 2.24) is 68.8 Å². The van der Waals surface area contributed by atoms with Gasteiger partial charge >= 0.3 is 0 Å². The maximum Gasteiger partial charge on any atom is 0.243 e. The number of rotatable bonds is 53. The molecule has 1 aromatic heterocycles. The minimum absolute atomic E-state index is 0.0131. The molecular weight excluding hydrogens is 1490 g/mol. The summed E-state index contributed by atoms with van der Waals surface area (Å²) in [6.07, 6.45) is -6.89. The van der Waals surface area contributed by atoms with E-state index in [9.17, 15) is 76.7 Å². The van der Waals surface area contributed by atoms with Crippen LogP contribution in [0.25, 0.3) is 10.9 Å². The predicted octanol–water partition coefficient (Wildman–Crippen LogP) is -7.84. The van der Waals surface area contributed by atoms with Gasteiger partial charge in [-0.25, -0.2) is 0 Å². The lowest BCUT2D eigenvalue weighted by Crippen LogP contribution is -2.61. The van der Waals surface area contributed by atoms with Gasteiger partial charge in [0.2, 0.25) is 112 Å². The lowest BCUT2D eigenvalue weighted by atomic mass is 10.0. The zero-order valence-electron chi connectivity index (χ0n) is 62.6. The zero-order valence-corrected chi connectivity index (χ0v) is 62.6. The van der Waals surface area contributed by atoms with Crippen LogP contribution in [0.3, 0.4) is 0 Å². The standard InChI is InChI=1S/C72H101N23O19/c1-37(96)85-45(19-26-55(74)98)63(106)88-47(21-28-57(76)100)65(108)87-44(17-10-32-83-72(81)82)62(105)93-51(33-38-11-4-2-5-12-38)69(112)91-50(24-31-60(79)103)68(111)95-53(35-40-36-84-42-16-9-8-15-41(40)42)71(114)92-49(23-30-59(78)102)67(110)94-52(34-39-13-6-3-7-14-39)70(113)90-48(22-29-58(77)101)66(109)89-46(20-27-56(75)99)64(107)86-43(61(80)104)18-25-54(73)97/h2-9,11-16,36,43-53,84H,10,17-35H2,1H3,(H2,73,97)(H2,74,98)(H2,75,99)(H2,76,100)(H2,77,101)(H2,78,102)(H2,79,103)(H2,80,104)(H,85,96)(H,86,107)(H,87,108)(H,88,106)(H,89,109)(H,90,113)(H,91,112)(H,92,114)(H,93,105)(H,94,110)(H,95,111)(H4,81,82,83)/t43-,44-,45-,46-,47-,48-,49-,50-,51-,52-,53-/m0/s1. The molecule has 0 unspecified atom stereocenters. The Balaban J connectivity index is 1.78. The molecule has 1 heterocycles. The van der Waals surface area contributed by atoms with Crippen molar-refractivity contribution in [2.45, 2.75) is 195 Å². The monoisotopic (exact) mass is 1590 g/mol. The quantitative estimate of drug-likeness (QED) is 0.0111. The molecule has 4 aromatic rings. The van der Waals surface area contributed by atoms with E-state index < -0.39 is 262 Å². The molecule has 0 aliphatic carbocycles. The number of carbonyl (C=O) groups excluding carboxylic acids is 19. The smallest absolute Gasteiger partial charge is 0.243 e. The molecule has 0 spiro atoms. The van der Waals surface area contributed by atoms with E-state index in [1.165, 1.54) is 6.20 Å². The van der Waals surface area contributed by atoms with Crippen LogP contribution in [0.2, 0.25) is 0 Å². The Morgan fingerprint density at radius 3 is 0.868 bits per heavy atom. The van der Waals surface area contributed by atoms with E-state index in [1.807, 2.05) is 0 Å². The molecule has 618 valence electrons. The largest absolute Gasteiger partial charge is 0.370 e. The highest BCUT2D eigenvalue weighted by Gasteiger charge is 2.38. The Bertz CT molecular complexity index is 4130. The van der Waals surface area contributed by atoms with Crippen molar-refractivity contribution in [3.63, 3.8) is 0 Å². The molecule has 114 heavy (non-hydrogen) atoms. The lowest BCUT2D eigenvalue weighted by Gasteiger charge is -2.28. The summed E-state index contributed by atoms with van der Waals surface area (Å²) in [4.78, 5) is 258. The summed E-state index contributed by atoms with van der Waals surface area (Å²) in [6, 6.07) is 4.11. The molecule has 11 atom stereocenters. The fourth-order valence-electron chi connectivity index (χ4n) is 11.5. The van der Waals surface area contributed by atoms with Gasteiger partial charge in [0.1, 0.15) is 66.5 Å². The number of aromatic nitrogens is 1. The molecule has 42 heteroatoms. The molecule has 4 rings (SSSR count). The second-order valence-corrected chi connectivity index (χ2v) is 26.7. The highest BCUT2D eigenvalue weighted by Crippen LogP contribution is 2.21. The average molecular weight is 1590 g/mol.